The predicted octanol–water partition coefficient (Wildman–Crippen LogP) is 4.92. The largest absolute Gasteiger partial charge is 0.492 e. The number of carbonyl (C=O) groups is 1. The van der Waals surface area contributed by atoms with Gasteiger partial charge in [-0.2, -0.15) is 0 Å². The van der Waals surface area contributed by atoms with Gasteiger partial charge in [0.05, 0.1) is 11.3 Å². The lowest BCUT2D eigenvalue weighted by molar-refractivity contribution is -0.131. The van der Waals surface area contributed by atoms with Gasteiger partial charge in [-0.15, -0.1) is 11.8 Å². The fourth-order valence-corrected chi connectivity index (χ4v) is 5.46. The molecule has 0 unspecified atom stereocenters. The predicted molar refractivity (Wildman–Crippen MR) is 126 cm³/mol. The normalized spacial score (nSPS) is 14.3. The second kappa shape index (κ2) is 10.2. The molecule has 1 aromatic heterocycles. The number of aromatic nitrogens is 1. The summed E-state index contributed by atoms with van der Waals surface area (Å²) in [4.78, 5) is 23.0. The van der Waals surface area contributed by atoms with Crippen molar-refractivity contribution in [2.24, 2.45) is 0 Å². The first-order valence-corrected chi connectivity index (χ1v) is 12.3. The van der Waals surface area contributed by atoms with Crippen molar-refractivity contribution < 1.29 is 9.53 Å². The Balaban J connectivity index is 1.26. The van der Waals surface area contributed by atoms with Gasteiger partial charge >= 0.3 is 0 Å². The third kappa shape index (κ3) is 5.08. The SMILES string of the molecule is CCOc1cccc2sc(N3CCN(C(=O)CCCSc4ccccc4)CC3)nc12. The van der Waals surface area contributed by atoms with Crippen LogP contribution in [0.4, 0.5) is 5.13 Å². The number of carbonyl (C=O) groups excluding carboxylic acids is 1. The molecule has 1 amide bonds. The Kier molecular flexibility index (Phi) is 7.12. The lowest BCUT2D eigenvalue weighted by atomic mass is 10.2. The van der Waals surface area contributed by atoms with Crippen LogP contribution in [0.1, 0.15) is 19.8 Å². The zero-order chi connectivity index (χ0) is 20.8. The molecule has 2 heterocycles. The maximum absolute atomic E-state index is 12.6. The maximum atomic E-state index is 12.6. The van der Waals surface area contributed by atoms with Crippen molar-refractivity contribution in [3.05, 3.63) is 48.5 Å². The number of fused-ring (bicyclic) bond motifs is 1. The summed E-state index contributed by atoms with van der Waals surface area (Å²) in [5, 5.41) is 1.02. The molecule has 0 radical (unpaired) electrons. The number of anilines is 1. The number of hydrogen-bond donors (Lipinski definition) is 0. The van der Waals surface area contributed by atoms with Gasteiger partial charge in [0.25, 0.3) is 0 Å². The van der Waals surface area contributed by atoms with Crippen LogP contribution in [0.5, 0.6) is 5.75 Å². The smallest absolute Gasteiger partial charge is 0.222 e. The number of benzene rings is 2. The second-order valence-electron chi connectivity index (χ2n) is 7.17. The number of nitrogens with zero attached hydrogens (tertiary/aromatic N) is 3. The molecule has 0 spiro atoms. The fourth-order valence-electron chi connectivity index (χ4n) is 3.55. The van der Waals surface area contributed by atoms with Gasteiger partial charge in [-0.05, 0) is 43.4 Å². The molecule has 1 fully saturated rings. The summed E-state index contributed by atoms with van der Waals surface area (Å²) in [5.74, 6) is 2.09. The average Bonchev–Trinajstić information content (AvgIpc) is 3.23. The van der Waals surface area contributed by atoms with E-state index in [2.05, 4.69) is 35.2 Å². The van der Waals surface area contributed by atoms with Crippen LogP contribution in [-0.4, -0.2) is 54.3 Å². The highest BCUT2D eigenvalue weighted by atomic mass is 32.2. The maximum Gasteiger partial charge on any atom is 0.222 e. The van der Waals surface area contributed by atoms with Crippen molar-refractivity contribution in [2.75, 3.05) is 43.4 Å². The molecule has 5 nitrogen and oxygen atoms in total. The number of ether oxygens (including phenoxy) is 1. The Hall–Kier alpha value is -2.25. The van der Waals surface area contributed by atoms with Crippen LogP contribution < -0.4 is 9.64 Å². The van der Waals surface area contributed by atoms with Gasteiger partial charge in [0.2, 0.25) is 5.91 Å². The summed E-state index contributed by atoms with van der Waals surface area (Å²) in [5.41, 5.74) is 0.939. The van der Waals surface area contributed by atoms with Crippen molar-refractivity contribution in [1.82, 2.24) is 9.88 Å². The number of rotatable bonds is 8. The van der Waals surface area contributed by atoms with Crippen LogP contribution in [-0.2, 0) is 4.79 Å². The number of thioether (sulfide) groups is 1. The van der Waals surface area contributed by atoms with Crippen molar-refractivity contribution in [1.29, 1.82) is 0 Å². The van der Waals surface area contributed by atoms with Crippen LogP contribution in [0.15, 0.2) is 53.4 Å². The Labute approximate surface area is 186 Å². The molecule has 0 aliphatic carbocycles. The first-order valence-electron chi connectivity index (χ1n) is 10.5. The lowest BCUT2D eigenvalue weighted by Crippen LogP contribution is -2.48. The summed E-state index contributed by atoms with van der Waals surface area (Å²) in [7, 11) is 0. The zero-order valence-electron chi connectivity index (χ0n) is 17.3. The van der Waals surface area contributed by atoms with Gasteiger partial charge in [-0.3, -0.25) is 4.79 Å². The molecule has 3 aromatic rings. The van der Waals surface area contributed by atoms with Crippen LogP contribution in [0.3, 0.4) is 0 Å². The Bertz CT molecular complexity index is 969. The Morgan fingerprint density at radius 1 is 1.10 bits per heavy atom. The third-order valence-corrected chi connectivity index (χ3v) is 7.30. The molecule has 0 N–H and O–H groups in total. The minimum atomic E-state index is 0.270. The van der Waals surface area contributed by atoms with Crippen molar-refractivity contribution in [3.8, 4) is 5.75 Å². The Morgan fingerprint density at radius 3 is 2.67 bits per heavy atom. The highest BCUT2D eigenvalue weighted by Gasteiger charge is 2.23. The zero-order valence-corrected chi connectivity index (χ0v) is 18.9. The molecule has 1 aliphatic heterocycles. The van der Waals surface area contributed by atoms with E-state index in [0.29, 0.717) is 13.0 Å². The van der Waals surface area contributed by atoms with E-state index >= 15 is 0 Å². The second-order valence-corrected chi connectivity index (χ2v) is 9.34. The molecule has 7 heteroatoms. The van der Waals surface area contributed by atoms with Gasteiger partial charge < -0.3 is 14.5 Å². The molecular weight excluding hydrogens is 414 g/mol. The first kappa shape index (κ1) is 21.0. The van der Waals surface area contributed by atoms with Gasteiger partial charge in [0.1, 0.15) is 11.3 Å². The summed E-state index contributed by atoms with van der Waals surface area (Å²) < 4.78 is 6.86. The number of piperazine rings is 1. The molecule has 2 aromatic carbocycles. The molecule has 0 bridgehead atoms. The highest BCUT2D eigenvalue weighted by molar-refractivity contribution is 7.99. The van der Waals surface area contributed by atoms with Crippen LogP contribution in [0.2, 0.25) is 0 Å². The summed E-state index contributed by atoms with van der Waals surface area (Å²) in [6.45, 7) is 5.81. The minimum Gasteiger partial charge on any atom is -0.492 e. The van der Waals surface area contributed by atoms with Crippen LogP contribution >= 0.6 is 23.1 Å². The number of para-hydroxylation sites is 1. The standard InChI is InChI=1S/C23H27N3O2S2/c1-2-28-19-10-6-11-20-22(19)24-23(30-20)26-15-13-25(14-16-26)21(27)12-7-17-29-18-8-4-3-5-9-18/h3-6,8-11H,2,7,12-17H2,1H3. The molecule has 0 saturated carbocycles. The highest BCUT2D eigenvalue weighted by Crippen LogP contribution is 2.34. The van der Waals surface area contributed by atoms with E-state index in [1.54, 1.807) is 11.3 Å². The van der Waals surface area contributed by atoms with E-state index in [1.165, 1.54) is 4.90 Å². The topological polar surface area (TPSA) is 45.7 Å². The molecule has 30 heavy (non-hydrogen) atoms. The molecule has 1 saturated heterocycles. The molecule has 1 aliphatic rings. The van der Waals surface area contributed by atoms with Crippen molar-refractivity contribution in [2.45, 2.75) is 24.7 Å². The first-order chi connectivity index (χ1) is 14.7. The van der Waals surface area contributed by atoms with Crippen LogP contribution in [0, 0.1) is 0 Å². The average molecular weight is 442 g/mol. The van der Waals surface area contributed by atoms with Gasteiger partial charge in [0, 0.05) is 37.5 Å². The van der Waals surface area contributed by atoms with E-state index < -0.39 is 0 Å². The molecule has 4 rings (SSSR count). The van der Waals surface area contributed by atoms with E-state index in [9.17, 15) is 4.79 Å². The third-order valence-electron chi connectivity index (χ3n) is 5.12. The molecule has 0 atom stereocenters. The monoisotopic (exact) mass is 441 g/mol. The number of thiazole rings is 1. The fraction of sp³-hybridized carbons (Fsp3) is 0.391. The van der Waals surface area contributed by atoms with Gasteiger partial charge in [-0.1, -0.05) is 35.6 Å². The minimum absolute atomic E-state index is 0.270. The van der Waals surface area contributed by atoms with E-state index in [-0.39, 0.29) is 5.91 Å². The summed E-state index contributed by atoms with van der Waals surface area (Å²) in [6.07, 6.45) is 1.54. The van der Waals surface area contributed by atoms with Crippen molar-refractivity contribution in [3.63, 3.8) is 0 Å². The lowest BCUT2D eigenvalue weighted by Gasteiger charge is -2.34. The molecular formula is C23H27N3O2S2. The Morgan fingerprint density at radius 2 is 1.90 bits per heavy atom. The van der Waals surface area contributed by atoms with E-state index in [0.717, 1.165) is 59.5 Å². The summed E-state index contributed by atoms with van der Waals surface area (Å²) >= 11 is 3.51. The van der Waals surface area contributed by atoms with Crippen molar-refractivity contribution >= 4 is 44.4 Å². The van der Waals surface area contributed by atoms with Gasteiger partial charge in [-0.25, -0.2) is 4.98 Å². The molecule has 158 valence electrons. The van der Waals surface area contributed by atoms with Crippen LogP contribution in [0.25, 0.3) is 10.2 Å². The summed E-state index contributed by atoms with van der Waals surface area (Å²) in [6, 6.07) is 16.4. The van der Waals surface area contributed by atoms with E-state index in [4.69, 9.17) is 9.72 Å². The quantitative estimate of drug-likeness (QED) is 0.367. The number of hydrogen-bond acceptors (Lipinski definition) is 6. The number of amides is 1. The van der Waals surface area contributed by atoms with E-state index in [1.807, 2.05) is 41.8 Å². The van der Waals surface area contributed by atoms with Gasteiger partial charge in [0.15, 0.2) is 5.13 Å².